The summed E-state index contributed by atoms with van der Waals surface area (Å²) in [5.41, 5.74) is 6.41. The summed E-state index contributed by atoms with van der Waals surface area (Å²) in [5.74, 6) is 0.103. The lowest BCUT2D eigenvalue weighted by molar-refractivity contribution is -0.384. The number of carbonyl (C=O) groups is 1. The molecule has 0 saturated carbocycles. The standard InChI is InChI=1S/C17H18N4O3/c18-17(22)13-7-4-10-20(11-13)15-9-8-14(21(23)24)16(19-15)12-5-2-1-3-6-12/h1-3,5-6,8-9,13H,4,7,10-11H2,(H2,18,22). The first kappa shape index (κ1) is 15.9. The maximum Gasteiger partial charge on any atom is 0.295 e. The van der Waals surface area contributed by atoms with Gasteiger partial charge >= 0.3 is 0 Å². The molecule has 3 rings (SSSR count). The van der Waals surface area contributed by atoms with Crippen molar-refractivity contribution in [2.24, 2.45) is 11.7 Å². The van der Waals surface area contributed by atoms with E-state index < -0.39 is 4.92 Å². The molecule has 0 bridgehead atoms. The van der Waals surface area contributed by atoms with Crippen molar-refractivity contribution in [3.8, 4) is 11.3 Å². The lowest BCUT2D eigenvalue weighted by Crippen LogP contribution is -2.41. The lowest BCUT2D eigenvalue weighted by Gasteiger charge is -2.32. The Morgan fingerprint density at radius 1 is 1.25 bits per heavy atom. The Morgan fingerprint density at radius 3 is 2.67 bits per heavy atom. The first-order chi connectivity index (χ1) is 11.6. The topological polar surface area (TPSA) is 102 Å². The maximum atomic E-state index is 11.4. The van der Waals surface area contributed by atoms with Gasteiger partial charge in [0.25, 0.3) is 5.69 Å². The molecular formula is C17H18N4O3. The molecule has 2 aromatic rings. The first-order valence-electron chi connectivity index (χ1n) is 7.81. The summed E-state index contributed by atoms with van der Waals surface area (Å²) in [6, 6.07) is 12.2. The van der Waals surface area contributed by atoms with Crippen LogP contribution in [0.1, 0.15) is 12.8 Å². The van der Waals surface area contributed by atoms with E-state index >= 15 is 0 Å². The molecule has 0 aliphatic carbocycles. The van der Waals surface area contributed by atoms with E-state index in [0.29, 0.717) is 23.6 Å². The fourth-order valence-electron chi connectivity index (χ4n) is 2.99. The molecule has 2 heterocycles. The summed E-state index contributed by atoms with van der Waals surface area (Å²) in [7, 11) is 0. The van der Waals surface area contributed by atoms with Gasteiger partial charge in [-0.1, -0.05) is 30.3 Å². The molecule has 1 aliphatic rings. The molecular weight excluding hydrogens is 308 g/mol. The fraction of sp³-hybridized carbons (Fsp3) is 0.294. The number of aromatic nitrogens is 1. The fourth-order valence-corrected chi connectivity index (χ4v) is 2.99. The molecule has 0 spiro atoms. The van der Waals surface area contributed by atoms with E-state index in [0.717, 1.165) is 19.4 Å². The predicted octanol–water partition coefficient (Wildman–Crippen LogP) is 2.36. The number of benzene rings is 1. The van der Waals surface area contributed by atoms with Gasteiger partial charge in [-0.15, -0.1) is 0 Å². The van der Waals surface area contributed by atoms with Crippen molar-refractivity contribution in [3.05, 3.63) is 52.6 Å². The van der Waals surface area contributed by atoms with Crippen LogP contribution in [-0.2, 0) is 4.79 Å². The molecule has 1 fully saturated rings. The highest BCUT2D eigenvalue weighted by Crippen LogP contribution is 2.31. The summed E-state index contributed by atoms with van der Waals surface area (Å²) < 4.78 is 0. The van der Waals surface area contributed by atoms with Crippen LogP contribution < -0.4 is 10.6 Å². The molecule has 124 valence electrons. The third-order valence-electron chi connectivity index (χ3n) is 4.25. The van der Waals surface area contributed by atoms with Gasteiger partial charge in [-0.3, -0.25) is 14.9 Å². The summed E-state index contributed by atoms with van der Waals surface area (Å²) in [5, 5.41) is 11.3. The van der Waals surface area contributed by atoms with Gasteiger partial charge in [0.1, 0.15) is 5.82 Å². The minimum Gasteiger partial charge on any atom is -0.369 e. The molecule has 1 saturated heterocycles. The first-order valence-corrected chi connectivity index (χ1v) is 7.81. The van der Waals surface area contributed by atoms with Gasteiger partial charge in [-0.2, -0.15) is 0 Å². The van der Waals surface area contributed by atoms with Crippen LogP contribution in [0.25, 0.3) is 11.3 Å². The van der Waals surface area contributed by atoms with Crippen molar-refractivity contribution in [2.75, 3.05) is 18.0 Å². The number of anilines is 1. The average molecular weight is 326 g/mol. The SMILES string of the molecule is NC(=O)C1CCCN(c2ccc([N+](=O)[O-])c(-c3ccccc3)n2)C1. The highest BCUT2D eigenvalue weighted by molar-refractivity contribution is 5.78. The second-order valence-electron chi connectivity index (χ2n) is 5.85. The van der Waals surface area contributed by atoms with E-state index in [1.54, 1.807) is 18.2 Å². The Hall–Kier alpha value is -2.96. The van der Waals surface area contributed by atoms with Gasteiger partial charge in [0.2, 0.25) is 5.91 Å². The van der Waals surface area contributed by atoms with Crippen LogP contribution in [0.5, 0.6) is 0 Å². The maximum absolute atomic E-state index is 11.4. The zero-order chi connectivity index (χ0) is 17.1. The van der Waals surface area contributed by atoms with Crippen molar-refractivity contribution >= 4 is 17.4 Å². The van der Waals surface area contributed by atoms with Crippen molar-refractivity contribution in [1.82, 2.24) is 4.98 Å². The molecule has 2 N–H and O–H groups in total. The van der Waals surface area contributed by atoms with Gasteiger partial charge in [-0.25, -0.2) is 4.98 Å². The Morgan fingerprint density at radius 2 is 2.00 bits per heavy atom. The number of rotatable bonds is 4. The van der Waals surface area contributed by atoms with E-state index in [1.807, 2.05) is 23.1 Å². The van der Waals surface area contributed by atoms with E-state index in [4.69, 9.17) is 5.73 Å². The van der Waals surface area contributed by atoms with Crippen LogP contribution in [0, 0.1) is 16.0 Å². The zero-order valence-electron chi connectivity index (χ0n) is 13.1. The van der Waals surface area contributed by atoms with Gasteiger partial charge in [0.05, 0.1) is 10.8 Å². The van der Waals surface area contributed by atoms with Crippen LogP contribution >= 0.6 is 0 Å². The molecule has 7 nitrogen and oxygen atoms in total. The number of hydrogen-bond acceptors (Lipinski definition) is 5. The average Bonchev–Trinajstić information content (AvgIpc) is 2.62. The van der Waals surface area contributed by atoms with Crippen LogP contribution in [0.2, 0.25) is 0 Å². The summed E-state index contributed by atoms with van der Waals surface area (Å²) in [6.45, 7) is 1.25. The predicted molar refractivity (Wildman–Crippen MR) is 90.5 cm³/mol. The normalized spacial score (nSPS) is 17.5. The Kier molecular flexibility index (Phi) is 4.41. The number of hydrogen-bond donors (Lipinski definition) is 1. The molecule has 1 atom stereocenters. The summed E-state index contributed by atoms with van der Waals surface area (Å²) in [4.78, 5) is 28.8. The van der Waals surface area contributed by atoms with E-state index in [2.05, 4.69) is 4.98 Å². The monoisotopic (exact) mass is 326 g/mol. The van der Waals surface area contributed by atoms with Crippen molar-refractivity contribution < 1.29 is 9.72 Å². The number of pyridine rings is 1. The number of primary amides is 1. The van der Waals surface area contributed by atoms with Crippen molar-refractivity contribution in [2.45, 2.75) is 12.8 Å². The van der Waals surface area contributed by atoms with Gasteiger partial charge in [0.15, 0.2) is 5.69 Å². The third kappa shape index (κ3) is 3.19. The molecule has 1 aromatic heterocycles. The smallest absolute Gasteiger partial charge is 0.295 e. The quantitative estimate of drug-likeness (QED) is 0.686. The van der Waals surface area contributed by atoms with E-state index in [1.165, 1.54) is 6.07 Å². The minimum atomic E-state index is -0.429. The largest absolute Gasteiger partial charge is 0.369 e. The summed E-state index contributed by atoms with van der Waals surface area (Å²) in [6.07, 6.45) is 1.61. The molecule has 1 amide bonds. The van der Waals surface area contributed by atoms with Gasteiger partial charge in [-0.05, 0) is 18.9 Å². The molecule has 0 radical (unpaired) electrons. The lowest BCUT2D eigenvalue weighted by atomic mass is 9.97. The number of piperidine rings is 1. The Labute approximate surface area is 139 Å². The molecule has 1 aliphatic heterocycles. The molecule has 1 aromatic carbocycles. The van der Waals surface area contributed by atoms with E-state index in [9.17, 15) is 14.9 Å². The number of carbonyl (C=O) groups excluding carboxylic acids is 1. The van der Waals surface area contributed by atoms with Crippen LogP contribution in [0.3, 0.4) is 0 Å². The van der Waals surface area contributed by atoms with Crippen LogP contribution in [-0.4, -0.2) is 28.9 Å². The van der Waals surface area contributed by atoms with E-state index in [-0.39, 0.29) is 17.5 Å². The number of nitrogens with zero attached hydrogens (tertiary/aromatic N) is 3. The minimum absolute atomic E-state index is 0.0339. The third-order valence-corrected chi connectivity index (χ3v) is 4.25. The number of amides is 1. The van der Waals surface area contributed by atoms with Crippen LogP contribution in [0.15, 0.2) is 42.5 Å². The zero-order valence-corrected chi connectivity index (χ0v) is 13.1. The highest BCUT2D eigenvalue weighted by atomic mass is 16.6. The van der Waals surface area contributed by atoms with Crippen molar-refractivity contribution in [3.63, 3.8) is 0 Å². The Balaban J connectivity index is 1.98. The number of nitrogens with two attached hydrogens (primary N) is 1. The second-order valence-corrected chi connectivity index (χ2v) is 5.85. The summed E-state index contributed by atoms with van der Waals surface area (Å²) >= 11 is 0. The van der Waals surface area contributed by atoms with Gasteiger partial charge in [0, 0.05) is 24.7 Å². The Bertz CT molecular complexity index is 764. The molecule has 1 unspecified atom stereocenters. The van der Waals surface area contributed by atoms with Gasteiger partial charge < -0.3 is 10.6 Å². The molecule has 24 heavy (non-hydrogen) atoms. The highest BCUT2D eigenvalue weighted by Gasteiger charge is 2.26. The van der Waals surface area contributed by atoms with Crippen molar-refractivity contribution in [1.29, 1.82) is 0 Å². The number of nitro groups is 1. The molecule has 7 heteroatoms. The van der Waals surface area contributed by atoms with Crippen LogP contribution in [0.4, 0.5) is 11.5 Å². The second kappa shape index (κ2) is 6.66.